The molecule has 3 rings (SSSR count). The Balaban J connectivity index is 1.73. The van der Waals surface area contributed by atoms with Crippen molar-refractivity contribution in [3.63, 3.8) is 0 Å². The van der Waals surface area contributed by atoms with Gasteiger partial charge in [-0.1, -0.05) is 18.2 Å². The van der Waals surface area contributed by atoms with Crippen LogP contribution < -0.4 is 10.2 Å². The molecule has 2 heterocycles. The Bertz CT molecular complexity index is 635. The molecule has 21 heavy (non-hydrogen) atoms. The van der Waals surface area contributed by atoms with E-state index in [1.54, 1.807) is 12.4 Å². The van der Waals surface area contributed by atoms with E-state index in [1.165, 1.54) is 0 Å². The van der Waals surface area contributed by atoms with Crippen LogP contribution in [0.15, 0.2) is 42.7 Å². The number of nitrogens with zero attached hydrogens (tertiary/aromatic N) is 4. The third kappa shape index (κ3) is 3.11. The third-order valence-corrected chi connectivity index (χ3v) is 3.65. The Morgan fingerprint density at radius 2 is 2.00 bits per heavy atom. The predicted molar refractivity (Wildman–Crippen MR) is 82.0 cm³/mol. The van der Waals surface area contributed by atoms with Gasteiger partial charge in [-0.3, -0.25) is 0 Å². The van der Waals surface area contributed by atoms with E-state index in [1.807, 2.05) is 18.2 Å². The van der Waals surface area contributed by atoms with Gasteiger partial charge in [-0.15, -0.1) is 0 Å². The first kappa shape index (κ1) is 13.4. The summed E-state index contributed by atoms with van der Waals surface area (Å²) < 4.78 is 0. The minimum atomic E-state index is 0.356. The maximum absolute atomic E-state index is 9.16. The number of nitriles is 1. The molecule has 1 aromatic heterocycles. The van der Waals surface area contributed by atoms with Crippen LogP contribution in [-0.2, 0) is 0 Å². The third-order valence-electron chi connectivity index (χ3n) is 3.65. The zero-order chi connectivity index (χ0) is 14.5. The van der Waals surface area contributed by atoms with Crippen molar-refractivity contribution in [1.29, 1.82) is 5.26 Å². The first-order chi connectivity index (χ1) is 10.4. The lowest BCUT2D eigenvalue weighted by molar-refractivity contribution is 0.526. The van der Waals surface area contributed by atoms with Crippen molar-refractivity contribution in [2.45, 2.75) is 18.9 Å². The topological polar surface area (TPSA) is 64.8 Å². The smallest absolute Gasteiger partial charge is 0.183 e. The second-order valence-electron chi connectivity index (χ2n) is 5.14. The number of benzene rings is 1. The molecule has 1 saturated heterocycles. The highest BCUT2D eigenvalue weighted by molar-refractivity contribution is 5.51. The maximum Gasteiger partial charge on any atom is 0.183 e. The van der Waals surface area contributed by atoms with Crippen LogP contribution in [0.4, 0.5) is 11.5 Å². The fourth-order valence-electron chi connectivity index (χ4n) is 2.70. The number of piperidine rings is 1. The number of aromatic nitrogens is 2. The van der Waals surface area contributed by atoms with Gasteiger partial charge in [-0.05, 0) is 25.0 Å². The zero-order valence-electron chi connectivity index (χ0n) is 11.7. The largest absolute Gasteiger partial charge is 0.381 e. The second-order valence-corrected chi connectivity index (χ2v) is 5.14. The van der Waals surface area contributed by atoms with Crippen LogP contribution in [0.5, 0.6) is 0 Å². The Labute approximate surface area is 124 Å². The summed E-state index contributed by atoms with van der Waals surface area (Å²) in [6, 6.07) is 12.7. The molecule has 1 fully saturated rings. The van der Waals surface area contributed by atoms with Gasteiger partial charge in [0.1, 0.15) is 6.07 Å². The van der Waals surface area contributed by atoms with Gasteiger partial charge in [0.05, 0.1) is 0 Å². The number of anilines is 2. The van der Waals surface area contributed by atoms with E-state index in [0.717, 1.165) is 31.6 Å². The molecular formula is C16H17N5. The summed E-state index contributed by atoms with van der Waals surface area (Å²) in [7, 11) is 0. The van der Waals surface area contributed by atoms with Crippen molar-refractivity contribution >= 4 is 11.5 Å². The van der Waals surface area contributed by atoms with Gasteiger partial charge >= 0.3 is 0 Å². The van der Waals surface area contributed by atoms with Gasteiger partial charge < -0.3 is 10.2 Å². The summed E-state index contributed by atoms with van der Waals surface area (Å²) in [4.78, 5) is 10.6. The van der Waals surface area contributed by atoms with Crippen molar-refractivity contribution in [2.75, 3.05) is 23.3 Å². The van der Waals surface area contributed by atoms with E-state index in [9.17, 15) is 0 Å². The predicted octanol–water partition coefficient (Wildman–Crippen LogP) is 2.43. The molecule has 0 amide bonds. The lowest BCUT2D eigenvalue weighted by Gasteiger charge is -2.34. The first-order valence-electron chi connectivity index (χ1n) is 7.14. The fraction of sp³-hybridized carbons (Fsp3) is 0.312. The fourth-order valence-corrected chi connectivity index (χ4v) is 2.70. The lowest BCUT2D eigenvalue weighted by Crippen LogP contribution is -2.43. The highest BCUT2D eigenvalue weighted by Gasteiger charge is 2.23. The molecule has 5 nitrogen and oxygen atoms in total. The summed E-state index contributed by atoms with van der Waals surface area (Å²) >= 11 is 0. The van der Waals surface area contributed by atoms with Crippen LogP contribution in [0.25, 0.3) is 0 Å². The summed E-state index contributed by atoms with van der Waals surface area (Å²) in [6.45, 7) is 1.75. The van der Waals surface area contributed by atoms with Gasteiger partial charge in [0.25, 0.3) is 0 Å². The molecule has 0 unspecified atom stereocenters. The van der Waals surface area contributed by atoms with E-state index in [-0.39, 0.29) is 0 Å². The normalized spacial score (nSPS) is 18.0. The molecule has 1 N–H and O–H groups in total. The Hall–Kier alpha value is -2.61. The van der Waals surface area contributed by atoms with Crippen LogP contribution in [0.2, 0.25) is 0 Å². The molecule has 0 aliphatic carbocycles. The summed E-state index contributed by atoms with van der Waals surface area (Å²) in [5.41, 5.74) is 1.53. The first-order valence-corrected chi connectivity index (χ1v) is 7.14. The molecule has 5 heteroatoms. The van der Waals surface area contributed by atoms with Crippen molar-refractivity contribution in [2.24, 2.45) is 0 Å². The van der Waals surface area contributed by atoms with Gasteiger partial charge in [0, 0.05) is 37.2 Å². The highest BCUT2D eigenvalue weighted by atomic mass is 15.2. The van der Waals surface area contributed by atoms with Crippen LogP contribution in [-0.4, -0.2) is 29.1 Å². The van der Waals surface area contributed by atoms with E-state index >= 15 is 0 Å². The summed E-state index contributed by atoms with van der Waals surface area (Å²) in [6.07, 6.45) is 5.40. The molecule has 1 aromatic carbocycles. The molecule has 0 spiro atoms. The molecule has 1 atom stereocenters. The molecule has 1 aliphatic rings. The minimum Gasteiger partial charge on any atom is -0.381 e. The Morgan fingerprint density at radius 1 is 1.19 bits per heavy atom. The molecule has 2 aromatic rings. The molecule has 0 bridgehead atoms. The lowest BCUT2D eigenvalue weighted by atomic mass is 10.0. The Morgan fingerprint density at radius 3 is 2.81 bits per heavy atom. The molecule has 0 saturated carbocycles. The van der Waals surface area contributed by atoms with Gasteiger partial charge in [0.15, 0.2) is 11.5 Å². The molecule has 0 radical (unpaired) electrons. The minimum absolute atomic E-state index is 0.356. The van der Waals surface area contributed by atoms with Crippen molar-refractivity contribution < 1.29 is 0 Å². The summed E-state index contributed by atoms with van der Waals surface area (Å²) in [5, 5.41) is 12.7. The second kappa shape index (κ2) is 6.23. The SMILES string of the molecule is N#Cc1nccnc1N1CCC[C@H](Nc2ccccc2)C1. The maximum atomic E-state index is 9.16. The van der Waals surface area contributed by atoms with Gasteiger partial charge in [0.2, 0.25) is 0 Å². The number of hydrogen-bond acceptors (Lipinski definition) is 5. The van der Waals surface area contributed by atoms with Crippen molar-refractivity contribution in [1.82, 2.24) is 9.97 Å². The van der Waals surface area contributed by atoms with Crippen LogP contribution in [0.1, 0.15) is 18.5 Å². The van der Waals surface area contributed by atoms with E-state index < -0.39 is 0 Å². The standard InChI is InChI=1S/C16H17N5/c17-11-15-16(19-9-8-18-15)21-10-4-7-14(12-21)20-13-5-2-1-3-6-13/h1-3,5-6,8-9,14,20H,4,7,10,12H2/t14-/m0/s1. The van der Waals surface area contributed by atoms with Crippen LogP contribution in [0.3, 0.4) is 0 Å². The molecular weight excluding hydrogens is 262 g/mol. The van der Waals surface area contributed by atoms with Crippen molar-refractivity contribution in [3.8, 4) is 6.07 Å². The quantitative estimate of drug-likeness (QED) is 0.934. The van der Waals surface area contributed by atoms with E-state index in [2.05, 4.69) is 38.4 Å². The summed E-state index contributed by atoms with van der Waals surface area (Å²) in [5.74, 6) is 0.694. The van der Waals surface area contributed by atoms with Gasteiger partial charge in [-0.25, -0.2) is 9.97 Å². The average Bonchev–Trinajstić information content (AvgIpc) is 2.56. The molecule has 1 aliphatic heterocycles. The average molecular weight is 279 g/mol. The number of hydrogen-bond donors (Lipinski definition) is 1. The zero-order valence-corrected chi connectivity index (χ0v) is 11.7. The van der Waals surface area contributed by atoms with Crippen LogP contribution >= 0.6 is 0 Å². The number of rotatable bonds is 3. The van der Waals surface area contributed by atoms with E-state index in [4.69, 9.17) is 5.26 Å². The highest BCUT2D eigenvalue weighted by Crippen LogP contribution is 2.21. The van der Waals surface area contributed by atoms with Gasteiger partial charge in [-0.2, -0.15) is 5.26 Å². The number of nitrogens with one attached hydrogen (secondary N) is 1. The molecule has 106 valence electrons. The van der Waals surface area contributed by atoms with Crippen molar-refractivity contribution in [3.05, 3.63) is 48.4 Å². The van der Waals surface area contributed by atoms with E-state index in [0.29, 0.717) is 17.6 Å². The Kier molecular flexibility index (Phi) is 3.97. The van der Waals surface area contributed by atoms with Crippen LogP contribution in [0, 0.1) is 11.3 Å². The monoisotopic (exact) mass is 279 g/mol. The number of para-hydroxylation sites is 1.